The maximum atomic E-state index is 13.0. The van der Waals surface area contributed by atoms with Gasteiger partial charge in [-0.25, -0.2) is 9.97 Å². The van der Waals surface area contributed by atoms with Gasteiger partial charge < -0.3 is 5.32 Å². The van der Waals surface area contributed by atoms with Crippen LogP contribution in [0.15, 0.2) is 59.2 Å². The number of hydrogen-bond donors (Lipinski definition) is 1. The van der Waals surface area contributed by atoms with E-state index in [2.05, 4.69) is 15.3 Å². The molecule has 2 aromatic carbocycles. The van der Waals surface area contributed by atoms with Gasteiger partial charge in [-0.2, -0.15) is 13.2 Å². The van der Waals surface area contributed by atoms with Crippen LogP contribution in [0, 0.1) is 6.92 Å². The molecule has 0 bridgehead atoms. The van der Waals surface area contributed by atoms with Crippen LogP contribution in [-0.4, -0.2) is 27.9 Å². The van der Waals surface area contributed by atoms with Crippen molar-refractivity contribution >= 4 is 50.7 Å². The van der Waals surface area contributed by atoms with Crippen LogP contribution >= 0.6 is 23.1 Å². The van der Waals surface area contributed by atoms with Crippen LogP contribution in [0.3, 0.4) is 0 Å². The molecular formula is C24H18F3N3O2S2. The molecule has 5 nitrogen and oxygen atoms in total. The lowest BCUT2D eigenvalue weighted by atomic mass is 9.99. The second kappa shape index (κ2) is 9.55. The van der Waals surface area contributed by atoms with Crippen molar-refractivity contribution in [3.05, 3.63) is 82.0 Å². The number of halogens is 3. The molecule has 34 heavy (non-hydrogen) atoms. The highest BCUT2D eigenvalue weighted by atomic mass is 32.2. The Balaban J connectivity index is 1.56. The number of benzene rings is 2. The predicted molar refractivity (Wildman–Crippen MR) is 128 cm³/mol. The molecule has 0 aliphatic heterocycles. The zero-order valence-electron chi connectivity index (χ0n) is 18.1. The third kappa shape index (κ3) is 4.97. The first-order valence-electron chi connectivity index (χ1n) is 10.0. The molecule has 0 fully saturated rings. The van der Waals surface area contributed by atoms with Gasteiger partial charge in [-0.05, 0) is 36.4 Å². The first kappa shape index (κ1) is 23.9. The lowest BCUT2D eigenvalue weighted by molar-refractivity contribution is -0.137. The van der Waals surface area contributed by atoms with E-state index >= 15 is 0 Å². The molecule has 0 aliphatic carbocycles. The van der Waals surface area contributed by atoms with E-state index in [9.17, 15) is 22.8 Å². The Labute approximate surface area is 201 Å². The van der Waals surface area contributed by atoms with Gasteiger partial charge in [0.1, 0.15) is 11.4 Å². The SMILES string of the molecule is CSc1ncnc2c(C(=O)Nc3cc(C(=O)Cc4cccc(C(F)(F)F)c4)ccc3C)csc12. The summed E-state index contributed by atoms with van der Waals surface area (Å²) < 4.78 is 39.7. The van der Waals surface area contributed by atoms with Gasteiger partial charge in [0, 0.05) is 23.1 Å². The number of carbonyl (C=O) groups is 2. The van der Waals surface area contributed by atoms with Crippen molar-refractivity contribution in [2.45, 2.75) is 24.5 Å². The molecule has 10 heteroatoms. The smallest absolute Gasteiger partial charge is 0.322 e. The molecule has 0 atom stereocenters. The minimum atomic E-state index is -4.48. The van der Waals surface area contributed by atoms with Gasteiger partial charge in [0.2, 0.25) is 0 Å². The Morgan fingerprint density at radius 2 is 1.91 bits per heavy atom. The fourth-order valence-electron chi connectivity index (χ4n) is 3.40. The molecule has 0 aliphatic rings. The number of amides is 1. The maximum absolute atomic E-state index is 13.0. The van der Waals surface area contributed by atoms with Gasteiger partial charge in [-0.1, -0.05) is 30.3 Å². The standard InChI is InChI=1S/C24H18F3N3O2S2/c1-13-6-7-15(19(31)9-14-4-3-5-16(8-14)24(25,26)27)10-18(13)30-22(32)17-11-34-21-20(17)28-12-29-23(21)33-2/h3-8,10-12H,9H2,1-2H3,(H,30,32). The van der Waals surface area contributed by atoms with E-state index in [0.717, 1.165) is 27.4 Å². The van der Waals surface area contributed by atoms with Gasteiger partial charge in [-0.15, -0.1) is 23.1 Å². The van der Waals surface area contributed by atoms with Gasteiger partial charge in [0.05, 0.1) is 21.3 Å². The zero-order valence-corrected chi connectivity index (χ0v) is 19.7. The van der Waals surface area contributed by atoms with Crippen molar-refractivity contribution in [2.24, 2.45) is 0 Å². The van der Waals surface area contributed by atoms with Crippen LogP contribution in [0.1, 0.15) is 37.4 Å². The molecule has 0 saturated heterocycles. The molecule has 4 aromatic rings. The highest BCUT2D eigenvalue weighted by Crippen LogP contribution is 2.32. The molecule has 2 heterocycles. The number of anilines is 1. The Morgan fingerprint density at radius 1 is 1.12 bits per heavy atom. The van der Waals surface area contributed by atoms with Crippen molar-refractivity contribution in [1.82, 2.24) is 9.97 Å². The molecule has 0 unspecified atom stereocenters. The summed E-state index contributed by atoms with van der Waals surface area (Å²) in [6, 6.07) is 9.53. The highest BCUT2D eigenvalue weighted by molar-refractivity contribution is 7.98. The number of thiophene rings is 1. The van der Waals surface area contributed by atoms with Crippen LogP contribution in [0.4, 0.5) is 18.9 Å². The van der Waals surface area contributed by atoms with Gasteiger partial charge in [0.25, 0.3) is 5.91 Å². The van der Waals surface area contributed by atoms with Crippen molar-refractivity contribution in [1.29, 1.82) is 0 Å². The first-order valence-corrected chi connectivity index (χ1v) is 12.2. The summed E-state index contributed by atoms with van der Waals surface area (Å²) >= 11 is 2.84. The normalized spacial score (nSPS) is 11.6. The van der Waals surface area contributed by atoms with E-state index in [0.29, 0.717) is 22.3 Å². The number of fused-ring (bicyclic) bond motifs is 1. The number of aryl methyl sites for hydroxylation is 1. The van der Waals surface area contributed by atoms with E-state index in [-0.39, 0.29) is 23.7 Å². The van der Waals surface area contributed by atoms with E-state index < -0.39 is 11.7 Å². The third-order valence-corrected chi connectivity index (χ3v) is 6.99. The van der Waals surface area contributed by atoms with Gasteiger partial charge >= 0.3 is 6.18 Å². The number of nitrogens with zero attached hydrogens (tertiary/aromatic N) is 2. The summed E-state index contributed by atoms with van der Waals surface area (Å²) in [6.45, 7) is 1.79. The molecular weight excluding hydrogens is 483 g/mol. The Kier molecular flexibility index (Phi) is 6.72. The fraction of sp³-hybridized carbons (Fsp3) is 0.167. The molecule has 4 rings (SSSR count). The first-order chi connectivity index (χ1) is 16.2. The van der Waals surface area contributed by atoms with Gasteiger partial charge in [-0.3, -0.25) is 9.59 Å². The van der Waals surface area contributed by atoms with Gasteiger partial charge in [0.15, 0.2) is 5.78 Å². The molecule has 2 aromatic heterocycles. The summed E-state index contributed by atoms with van der Waals surface area (Å²) in [5.41, 5.74) is 1.89. The van der Waals surface area contributed by atoms with Crippen molar-refractivity contribution in [2.75, 3.05) is 11.6 Å². The molecule has 0 saturated carbocycles. The fourth-order valence-corrected chi connectivity index (χ4v) is 5.11. The highest BCUT2D eigenvalue weighted by Gasteiger charge is 2.30. The van der Waals surface area contributed by atoms with Crippen LogP contribution < -0.4 is 5.32 Å². The average molecular weight is 502 g/mol. The monoisotopic (exact) mass is 501 g/mol. The topological polar surface area (TPSA) is 72.0 Å². The van der Waals surface area contributed by atoms with E-state index in [4.69, 9.17) is 0 Å². The predicted octanol–water partition coefficient (Wildman–Crippen LogP) is 6.42. The van der Waals surface area contributed by atoms with Crippen LogP contribution in [0.25, 0.3) is 10.2 Å². The van der Waals surface area contributed by atoms with Crippen molar-refractivity contribution in [3.63, 3.8) is 0 Å². The zero-order chi connectivity index (χ0) is 24.5. The number of thioether (sulfide) groups is 1. The number of carbonyl (C=O) groups excluding carboxylic acids is 2. The maximum Gasteiger partial charge on any atom is 0.416 e. The quantitative estimate of drug-likeness (QED) is 0.188. The third-order valence-electron chi connectivity index (χ3n) is 5.19. The number of Topliss-reactive ketones (excluding diaryl/α,β-unsaturated/α-hetero) is 1. The van der Waals surface area contributed by atoms with E-state index in [1.165, 1.54) is 41.6 Å². The van der Waals surface area contributed by atoms with Crippen LogP contribution in [0.2, 0.25) is 0 Å². The molecule has 0 spiro atoms. The number of alkyl halides is 3. The molecule has 0 radical (unpaired) electrons. The van der Waals surface area contributed by atoms with Crippen molar-refractivity contribution < 1.29 is 22.8 Å². The lowest BCUT2D eigenvalue weighted by Crippen LogP contribution is -2.14. The van der Waals surface area contributed by atoms with E-state index in [1.54, 1.807) is 30.5 Å². The summed E-state index contributed by atoms with van der Waals surface area (Å²) in [4.78, 5) is 34.2. The van der Waals surface area contributed by atoms with Crippen LogP contribution in [-0.2, 0) is 12.6 Å². The Morgan fingerprint density at radius 3 is 2.65 bits per heavy atom. The lowest BCUT2D eigenvalue weighted by Gasteiger charge is -2.11. The summed E-state index contributed by atoms with van der Waals surface area (Å²) in [5.74, 6) is -0.726. The summed E-state index contributed by atoms with van der Waals surface area (Å²) in [7, 11) is 0. The second-order valence-electron chi connectivity index (χ2n) is 7.49. The molecule has 174 valence electrons. The van der Waals surface area contributed by atoms with E-state index in [1.807, 2.05) is 6.26 Å². The molecule has 1 N–H and O–H groups in total. The Bertz CT molecular complexity index is 1400. The largest absolute Gasteiger partial charge is 0.416 e. The second-order valence-corrected chi connectivity index (χ2v) is 9.17. The number of ketones is 1. The number of aromatic nitrogens is 2. The number of nitrogens with one attached hydrogen (secondary N) is 1. The van der Waals surface area contributed by atoms with Crippen LogP contribution in [0.5, 0.6) is 0 Å². The summed E-state index contributed by atoms with van der Waals surface area (Å²) in [6.07, 6.45) is -1.36. The summed E-state index contributed by atoms with van der Waals surface area (Å²) in [5, 5.41) is 5.33. The minimum Gasteiger partial charge on any atom is -0.322 e. The number of rotatable bonds is 6. The Hall–Kier alpha value is -3.24. The number of hydrogen-bond acceptors (Lipinski definition) is 6. The van der Waals surface area contributed by atoms with Crippen molar-refractivity contribution in [3.8, 4) is 0 Å². The average Bonchev–Trinajstić information content (AvgIpc) is 3.24. The minimum absolute atomic E-state index is 0.191. The molecule has 1 amide bonds.